The molecular weight excluding hydrogens is 442 g/mol. The van der Waals surface area contributed by atoms with Crippen LogP contribution < -0.4 is 9.47 Å². The van der Waals surface area contributed by atoms with E-state index in [1.165, 1.54) is 12.8 Å². The fourth-order valence-corrected chi connectivity index (χ4v) is 4.17. The van der Waals surface area contributed by atoms with Gasteiger partial charge >= 0.3 is 0 Å². The molecule has 1 saturated carbocycles. The van der Waals surface area contributed by atoms with E-state index < -0.39 is 6.10 Å². The van der Waals surface area contributed by atoms with E-state index in [1.54, 1.807) is 11.8 Å². The lowest BCUT2D eigenvalue weighted by atomic mass is 10.1. The Morgan fingerprint density at radius 3 is 2.51 bits per heavy atom. The summed E-state index contributed by atoms with van der Waals surface area (Å²) in [5.74, 6) is 2.78. The average molecular weight is 480 g/mol. The molecule has 188 valence electrons. The summed E-state index contributed by atoms with van der Waals surface area (Å²) in [5.41, 5.74) is 2.92. The van der Waals surface area contributed by atoms with Gasteiger partial charge in [-0.3, -0.25) is 4.90 Å². The highest BCUT2D eigenvalue weighted by Gasteiger charge is 2.28. The number of ether oxygens (including phenoxy) is 3. The third kappa shape index (κ3) is 7.07. The van der Waals surface area contributed by atoms with E-state index in [0.717, 1.165) is 29.1 Å². The number of rotatable bonds is 13. The zero-order valence-corrected chi connectivity index (χ0v) is 21.2. The second kappa shape index (κ2) is 11.7. The smallest absolute Gasteiger partial charge is 0.222 e. The summed E-state index contributed by atoms with van der Waals surface area (Å²) >= 11 is 0. The molecule has 0 aliphatic heterocycles. The van der Waals surface area contributed by atoms with Crippen molar-refractivity contribution in [2.45, 2.75) is 45.4 Å². The lowest BCUT2D eigenvalue weighted by molar-refractivity contribution is -0.0101. The zero-order chi connectivity index (χ0) is 24.8. The minimum atomic E-state index is -0.559. The third-order valence-corrected chi connectivity index (χ3v) is 6.08. The average Bonchev–Trinajstić information content (AvgIpc) is 3.62. The van der Waals surface area contributed by atoms with Crippen LogP contribution in [0.25, 0.3) is 11.3 Å². The maximum absolute atomic E-state index is 10.7. The molecule has 0 amide bonds. The van der Waals surface area contributed by atoms with E-state index in [0.29, 0.717) is 37.2 Å². The molecular formula is C28H37N3O4. The van der Waals surface area contributed by atoms with Gasteiger partial charge in [-0.15, -0.1) is 0 Å². The van der Waals surface area contributed by atoms with Crippen LogP contribution in [-0.2, 0) is 18.3 Å². The second-order valence-electron chi connectivity index (χ2n) is 9.58. The predicted octanol–water partition coefficient (Wildman–Crippen LogP) is 4.89. The van der Waals surface area contributed by atoms with Crippen molar-refractivity contribution in [1.82, 2.24) is 14.7 Å². The highest BCUT2D eigenvalue weighted by Crippen LogP contribution is 2.36. The van der Waals surface area contributed by atoms with Crippen molar-refractivity contribution in [3.05, 3.63) is 60.2 Å². The molecule has 4 rings (SSSR count). The Morgan fingerprint density at radius 1 is 1.09 bits per heavy atom. The summed E-state index contributed by atoms with van der Waals surface area (Å²) in [6.45, 7) is 6.37. The Bertz CT molecular complexity index is 1080. The van der Waals surface area contributed by atoms with Crippen LogP contribution in [0.1, 0.15) is 32.3 Å². The summed E-state index contributed by atoms with van der Waals surface area (Å²) in [6, 6.07) is 17.8. The van der Waals surface area contributed by atoms with Crippen molar-refractivity contribution >= 4 is 0 Å². The van der Waals surface area contributed by atoms with Gasteiger partial charge < -0.3 is 19.3 Å². The minimum absolute atomic E-state index is 0.0902. The Morgan fingerprint density at radius 2 is 1.83 bits per heavy atom. The summed E-state index contributed by atoms with van der Waals surface area (Å²) in [7, 11) is 3.55. The minimum Gasteiger partial charge on any atom is -0.497 e. The molecule has 1 aliphatic rings. The summed E-state index contributed by atoms with van der Waals surface area (Å²) in [6.07, 6.45) is 2.00. The molecule has 7 nitrogen and oxygen atoms in total. The summed E-state index contributed by atoms with van der Waals surface area (Å²) in [5, 5.41) is 15.6. The maximum atomic E-state index is 10.7. The molecule has 0 bridgehead atoms. The Kier molecular flexibility index (Phi) is 8.44. The van der Waals surface area contributed by atoms with Crippen molar-refractivity contribution < 1.29 is 19.3 Å². The molecule has 1 N–H and O–H groups in total. The van der Waals surface area contributed by atoms with E-state index in [9.17, 15) is 5.11 Å². The normalized spacial score (nSPS) is 14.5. The largest absolute Gasteiger partial charge is 0.497 e. The number of nitrogens with zero attached hydrogens (tertiary/aromatic N) is 3. The Labute approximate surface area is 208 Å². The predicted molar refractivity (Wildman–Crippen MR) is 137 cm³/mol. The first-order chi connectivity index (χ1) is 16.9. The lowest BCUT2D eigenvalue weighted by Gasteiger charge is -2.26. The van der Waals surface area contributed by atoms with Gasteiger partial charge in [-0.1, -0.05) is 36.4 Å². The van der Waals surface area contributed by atoms with E-state index in [1.807, 2.05) is 63.4 Å². The SMILES string of the molecule is COc1cccc(Oc2c(CN(CC(O)COC(C)C)CC3CC3)c(-c3ccccc3)nn2C)c1. The van der Waals surface area contributed by atoms with Gasteiger partial charge in [0.2, 0.25) is 5.88 Å². The van der Waals surface area contributed by atoms with Crippen molar-refractivity contribution in [3.63, 3.8) is 0 Å². The molecule has 0 saturated heterocycles. The van der Waals surface area contributed by atoms with E-state index >= 15 is 0 Å². The summed E-state index contributed by atoms with van der Waals surface area (Å²) in [4.78, 5) is 2.31. The monoisotopic (exact) mass is 479 g/mol. The number of hydrogen-bond acceptors (Lipinski definition) is 6. The van der Waals surface area contributed by atoms with Crippen LogP contribution in [0.2, 0.25) is 0 Å². The van der Waals surface area contributed by atoms with Crippen LogP contribution >= 0.6 is 0 Å². The first kappa shape index (κ1) is 25.2. The molecule has 3 aromatic rings. The zero-order valence-electron chi connectivity index (χ0n) is 21.2. The molecule has 1 aliphatic carbocycles. The Hall–Kier alpha value is -2.87. The highest BCUT2D eigenvalue weighted by atomic mass is 16.5. The number of aromatic nitrogens is 2. The molecule has 2 aromatic carbocycles. The molecule has 1 atom stereocenters. The van der Waals surface area contributed by atoms with Crippen molar-refractivity contribution in [2.75, 3.05) is 26.8 Å². The number of hydrogen-bond donors (Lipinski definition) is 1. The molecule has 1 unspecified atom stereocenters. The van der Waals surface area contributed by atoms with Gasteiger partial charge in [0.25, 0.3) is 0 Å². The third-order valence-electron chi connectivity index (χ3n) is 6.08. The van der Waals surface area contributed by atoms with Gasteiger partial charge in [-0.2, -0.15) is 5.10 Å². The van der Waals surface area contributed by atoms with Crippen LogP contribution in [0.4, 0.5) is 0 Å². The van der Waals surface area contributed by atoms with E-state index in [2.05, 4.69) is 17.0 Å². The van der Waals surface area contributed by atoms with Gasteiger partial charge in [0.05, 0.1) is 31.5 Å². The molecule has 0 spiro atoms. The maximum Gasteiger partial charge on any atom is 0.222 e. The van der Waals surface area contributed by atoms with Crippen LogP contribution in [-0.4, -0.2) is 58.8 Å². The van der Waals surface area contributed by atoms with Crippen molar-refractivity contribution in [2.24, 2.45) is 13.0 Å². The number of aliphatic hydroxyl groups excluding tert-OH is 1. The molecule has 0 radical (unpaired) electrons. The topological polar surface area (TPSA) is 69.0 Å². The number of aryl methyl sites for hydroxylation is 1. The molecule has 1 aromatic heterocycles. The van der Waals surface area contributed by atoms with Crippen LogP contribution in [0.15, 0.2) is 54.6 Å². The fraction of sp³-hybridized carbons (Fsp3) is 0.464. The van der Waals surface area contributed by atoms with E-state index in [-0.39, 0.29) is 6.10 Å². The van der Waals surface area contributed by atoms with Gasteiger partial charge in [0.1, 0.15) is 17.2 Å². The van der Waals surface area contributed by atoms with E-state index in [4.69, 9.17) is 19.3 Å². The standard InChI is InChI=1S/C28H37N3O4/c1-20(2)34-19-23(32)17-31(16-21-13-14-21)18-26-27(22-9-6-5-7-10-22)29-30(3)28(26)35-25-12-8-11-24(15-25)33-4/h5-12,15,20-21,23,32H,13-14,16-19H2,1-4H3. The first-order valence-electron chi connectivity index (χ1n) is 12.4. The van der Waals surface area contributed by atoms with Crippen LogP contribution in [0.5, 0.6) is 17.4 Å². The second-order valence-corrected chi connectivity index (χ2v) is 9.58. The van der Waals surface area contributed by atoms with Gasteiger partial charge in [-0.25, -0.2) is 4.68 Å². The molecule has 35 heavy (non-hydrogen) atoms. The molecule has 1 heterocycles. The van der Waals surface area contributed by atoms with Crippen molar-refractivity contribution in [3.8, 4) is 28.6 Å². The van der Waals surface area contributed by atoms with Crippen molar-refractivity contribution in [1.29, 1.82) is 0 Å². The van der Waals surface area contributed by atoms with Gasteiger partial charge in [0, 0.05) is 38.3 Å². The first-order valence-corrected chi connectivity index (χ1v) is 12.4. The van der Waals surface area contributed by atoms with Gasteiger partial charge in [-0.05, 0) is 44.7 Å². The van der Waals surface area contributed by atoms with Gasteiger partial charge in [0.15, 0.2) is 0 Å². The fourth-order valence-electron chi connectivity index (χ4n) is 4.17. The quantitative estimate of drug-likeness (QED) is 0.377. The molecule has 1 fully saturated rings. The Balaban J connectivity index is 1.65. The number of methoxy groups -OCH3 is 1. The summed E-state index contributed by atoms with van der Waals surface area (Å²) < 4.78 is 19.2. The van der Waals surface area contributed by atoms with Crippen LogP contribution in [0.3, 0.4) is 0 Å². The number of benzene rings is 2. The van der Waals surface area contributed by atoms with Crippen LogP contribution in [0, 0.1) is 5.92 Å². The number of aliphatic hydroxyl groups is 1. The lowest BCUT2D eigenvalue weighted by Crippen LogP contribution is -2.36. The highest BCUT2D eigenvalue weighted by molar-refractivity contribution is 5.65. The molecule has 7 heteroatoms.